The van der Waals surface area contributed by atoms with Gasteiger partial charge in [0.1, 0.15) is 0 Å². The number of carbonyl (C=O) groups excluding carboxylic acids is 2. The SMILES string of the molecule is O=C(O)c1ccccc1C(=O)Nc1ccc(S(=O)(=O)c2ccc(NC(=O)c3ccccc3C(=O)O)cc2)cc1. The van der Waals surface area contributed by atoms with Crippen LogP contribution in [0.2, 0.25) is 0 Å². The Morgan fingerprint density at radius 1 is 0.487 bits per heavy atom. The number of benzene rings is 4. The van der Waals surface area contributed by atoms with E-state index in [1.54, 1.807) is 0 Å². The molecule has 0 aliphatic rings. The molecule has 2 amide bonds. The monoisotopic (exact) mass is 544 g/mol. The molecule has 4 N–H and O–H groups in total. The van der Waals surface area contributed by atoms with Gasteiger partial charge < -0.3 is 20.8 Å². The van der Waals surface area contributed by atoms with E-state index in [-0.39, 0.29) is 43.4 Å². The lowest BCUT2D eigenvalue weighted by atomic mass is 10.1. The van der Waals surface area contributed by atoms with Gasteiger partial charge in [0.15, 0.2) is 0 Å². The highest BCUT2D eigenvalue weighted by Crippen LogP contribution is 2.24. The highest BCUT2D eigenvalue weighted by molar-refractivity contribution is 7.91. The second-order valence-corrected chi connectivity index (χ2v) is 10.1. The first-order valence-electron chi connectivity index (χ1n) is 11.3. The molecule has 11 heteroatoms. The fraction of sp³-hybridized carbons (Fsp3) is 0. The maximum atomic E-state index is 13.1. The summed E-state index contributed by atoms with van der Waals surface area (Å²) in [6, 6.07) is 22.1. The van der Waals surface area contributed by atoms with E-state index in [1.165, 1.54) is 97.1 Å². The van der Waals surface area contributed by atoms with E-state index >= 15 is 0 Å². The highest BCUT2D eigenvalue weighted by atomic mass is 32.2. The number of hydrogen-bond donors (Lipinski definition) is 4. The number of nitrogens with one attached hydrogen (secondary N) is 2. The van der Waals surface area contributed by atoms with E-state index in [0.29, 0.717) is 0 Å². The number of carboxylic acids is 2. The maximum absolute atomic E-state index is 13.1. The molecule has 0 unspecified atom stereocenters. The molecule has 4 aromatic carbocycles. The van der Waals surface area contributed by atoms with Crippen LogP contribution in [-0.4, -0.2) is 42.4 Å². The molecule has 0 bridgehead atoms. The average molecular weight is 545 g/mol. The number of rotatable bonds is 8. The first-order valence-corrected chi connectivity index (χ1v) is 12.8. The van der Waals surface area contributed by atoms with Crippen LogP contribution in [0.15, 0.2) is 107 Å². The molecule has 0 atom stereocenters. The van der Waals surface area contributed by atoms with Crippen molar-refractivity contribution in [2.45, 2.75) is 9.79 Å². The molecule has 0 aliphatic heterocycles. The molecule has 10 nitrogen and oxygen atoms in total. The summed E-state index contributed by atoms with van der Waals surface area (Å²) in [7, 11) is -3.95. The third-order valence-corrected chi connectivity index (χ3v) is 7.43. The van der Waals surface area contributed by atoms with E-state index in [4.69, 9.17) is 0 Å². The number of aromatic carboxylic acids is 2. The van der Waals surface area contributed by atoms with Crippen LogP contribution in [0.1, 0.15) is 41.4 Å². The molecule has 0 radical (unpaired) electrons. The highest BCUT2D eigenvalue weighted by Gasteiger charge is 2.20. The quantitative estimate of drug-likeness (QED) is 0.253. The molecule has 39 heavy (non-hydrogen) atoms. The Balaban J connectivity index is 1.47. The lowest BCUT2D eigenvalue weighted by molar-refractivity contribution is 0.0683. The van der Waals surface area contributed by atoms with Crippen molar-refractivity contribution in [1.82, 2.24) is 0 Å². The molecular weight excluding hydrogens is 524 g/mol. The van der Waals surface area contributed by atoms with Crippen molar-refractivity contribution in [3.8, 4) is 0 Å². The lowest BCUT2D eigenvalue weighted by Crippen LogP contribution is -2.16. The van der Waals surface area contributed by atoms with Crippen LogP contribution >= 0.6 is 0 Å². The lowest BCUT2D eigenvalue weighted by Gasteiger charge is -2.10. The summed E-state index contributed by atoms with van der Waals surface area (Å²) < 4.78 is 26.2. The number of hydrogen-bond acceptors (Lipinski definition) is 6. The normalized spacial score (nSPS) is 10.9. The van der Waals surface area contributed by atoms with E-state index in [1.807, 2.05) is 0 Å². The van der Waals surface area contributed by atoms with Crippen molar-refractivity contribution in [2.24, 2.45) is 0 Å². The number of anilines is 2. The molecule has 0 fully saturated rings. The van der Waals surface area contributed by atoms with E-state index in [2.05, 4.69) is 10.6 Å². The third-order valence-electron chi connectivity index (χ3n) is 5.65. The predicted octanol–water partition coefficient (Wildman–Crippen LogP) is 4.42. The summed E-state index contributed by atoms with van der Waals surface area (Å²) in [5, 5.41) is 23.6. The smallest absolute Gasteiger partial charge is 0.336 e. The van der Waals surface area contributed by atoms with Crippen LogP contribution in [0.4, 0.5) is 11.4 Å². The second kappa shape index (κ2) is 11.0. The third kappa shape index (κ3) is 5.84. The Bertz CT molecular complexity index is 1580. The minimum Gasteiger partial charge on any atom is -0.478 e. The van der Waals surface area contributed by atoms with Crippen LogP contribution in [0.25, 0.3) is 0 Å². The van der Waals surface area contributed by atoms with Gasteiger partial charge in [-0.25, -0.2) is 18.0 Å². The molecule has 4 aromatic rings. The topological polar surface area (TPSA) is 167 Å². The van der Waals surface area contributed by atoms with Gasteiger partial charge in [-0.3, -0.25) is 9.59 Å². The van der Waals surface area contributed by atoms with Gasteiger partial charge in [0.25, 0.3) is 11.8 Å². The Labute approximate surface area is 222 Å². The van der Waals surface area contributed by atoms with Crippen LogP contribution in [0.5, 0.6) is 0 Å². The number of amides is 2. The largest absolute Gasteiger partial charge is 0.478 e. The zero-order valence-electron chi connectivity index (χ0n) is 20.0. The molecular formula is C28H20N2O8S. The zero-order chi connectivity index (χ0) is 28.2. The molecule has 4 rings (SSSR count). The van der Waals surface area contributed by atoms with Crippen molar-refractivity contribution in [2.75, 3.05) is 10.6 Å². The summed E-state index contributed by atoms with van der Waals surface area (Å²) in [6.45, 7) is 0. The minimum atomic E-state index is -3.95. The van der Waals surface area contributed by atoms with Crippen molar-refractivity contribution in [3.05, 3.63) is 119 Å². The summed E-state index contributed by atoms with van der Waals surface area (Å²) in [5.74, 6) is -3.82. The van der Waals surface area contributed by atoms with Crippen LogP contribution < -0.4 is 10.6 Å². The minimum absolute atomic E-state index is 0.0414. The Morgan fingerprint density at radius 2 is 0.795 bits per heavy atom. The van der Waals surface area contributed by atoms with Gasteiger partial charge in [-0.15, -0.1) is 0 Å². The Kier molecular flexibility index (Phi) is 7.54. The molecule has 196 valence electrons. The van der Waals surface area contributed by atoms with Gasteiger partial charge in [0.2, 0.25) is 9.84 Å². The van der Waals surface area contributed by atoms with E-state index in [0.717, 1.165) is 0 Å². The van der Waals surface area contributed by atoms with E-state index < -0.39 is 33.6 Å². The van der Waals surface area contributed by atoms with Crippen LogP contribution in [0.3, 0.4) is 0 Å². The van der Waals surface area contributed by atoms with Crippen LogP contribution in [0, 0.1) is 0 Å². The Hall–Kier alpha value is -5.29. The summed E-state index contributed by atoms with van der Waals surface area (Å²) in [5.41, 5.74) is 0.109. The maximum Gasteiger partial charge on any atom is 0.336 e. The fourth-order valence-electron chi connectivity index (χ4n) is 3.70. The molecule has 0 aromatic heterocycles. The van der Waals surface area contributed by atoms with Crippen molar-refractivity contribution < 1.29 is 37.8 Å². The first-order chi connectivity index (χ1) is 18.6. The van der Waals surface area contributed by atoms with Crippen LogP contribution in [-0.2, 0) is 9.84 Å². The van der Waals surface area contributed by atoms with Gasteiger partial charge in [0.05, 0.1) is 32.0 Å². The predicted molar refractivity (Wildman–Crippen MR) is 141 cm³/mol. The zero-order valence-corrected chi connectivity index (χ0v) is 20.8. The second-order valence-electron chi connectivity index (χ2n) is 8.16. The van der Waals surface area contributed by atoms with Gasteiger partial charge in [-0.05, 0) is 72.8 Å². The Morgan fingerprint density at radius 3 is 1.10 bits per heavy atom. The molecule has 0 aliphatic carbocycles. The molecule has 0 heterocycles. The summed E-state index contributed by atoms with van der Waals surface area (Å²) >= 11 is 0. The number of sulfone groups is 1. The summed E-state index contributed by atoms with van der Waals surface area (Å²) in [6.07, 6.45) is 0. The van der Waals surface area contributed by atoms with Gasteiger partial charge >= 0.3 is 11.9 Å². The van der Waals surface area contributed by atoms with Crippen molar-refractivity contribution in [3.63, 3.8) is 0 Å². The molecule has 0 saturated heterocycles. The first kappa shape index (κ1) is 26.8. The van der Waals surface area contributed by atoms with Gasteiger partial charge in [-0.1, -0.05) is 24.3 Å². The van der Waals surface area contributed by atoms with Gasteiger partial charge in [0, 0.05) is 11.4 Å². The standard InChI is InChI=1S/C28H20N2O8S/c31-25(21-5-1-3-7-23(21)27(33)34)29-17-9-13-19(14-10-17)39(37,38)20-15-11-18(12-16-20)30-26(32)22-6-2-4-8-24(22)28(35)36/h1-16H,(H,29,31)(H,30,32)(H,33,34)(H,35,36). The average Bonchev–Trinajstić information content (AvgIpc) is 2.93. The van der Waals surface area contributed by atoms with Crippen molar-refractivity contribution >= 4 is 45.0 Å². The molecule has 0 spiro atoms. The van der Waals surface area contributed by atoms with E-state index in [9.17, 15) is 37.8 Å². The van der Waals surface area contributed by atoms with Gasteiger partial charge in [-0.2, -0.15) is 0 Å². The number of carbonyl (C=O) groups is 4. The van der Waals surface area contributed by atoms with Crippen molar-refractivity contribution in [1.29, 1.82) is 0 Å². The fourth-order valence-corrected chi connectivity index (χ4v) is 4.96. The molecule has 0 saturated carbocycles. The number of carboxylic acid groups (broad SMARTS) is 2. The summed E-state index contributed by atoms with van der Waals surface area (Å²) in [4.78, 5) is 47.7.